The number of rotatable bonds is 4. The summed E-state index contributed by atoms with van der Waals surface area (Å²) in [5.41, 5.74) is 2.07. The van der Waals surface area contributed by atoms with Crippen molar-refractivity contribution in [3.05, 3.63) is 63.6 Å². The molecule has 0 aliphatic heterocycles. The molecule has 0 heterocycles. The van der Waals surface area contributed by atoms with Crippen molar-refractivity contribution in [2.75, 3.05) is 5.32 Å². The number of benzene rings is 2. The number of carboxylic acids is 1. The molecule has 22 heavy (non-hydrogen) atoms. The Morgan fingerprint density at radius 2 is 1.91 bits per heavy atom. The summed E-state index contributed by atoms with van der Waals surface area (Å²) in [6, 6.07) is 12.3. The third-order valence-corrected chi connectivity index (χ3v) is 3.65. The van der Waals surface area contributed by atoms with Gasteiger partial charge in [-0.25, -0.2) is 9.59 Å². The van der Waals surface area contributed by atoms with Crippen LogP contribution < -0.4 is 5.32 Å². The molecule has 0 fully saturated rings. The first-order chi connectivity index (χ1) is 10.5. The largest absolute Gasteiger partial charge is 0.478 e. The summed E-state index contributed by atoms with van der Waals surface area (Å²) in [5, 5.41) is 11.6. The highest BCUT2D eigenvalue weighted by Crippen LogP contribution is 2.26. The lowest BCUT2D eigenvalue weighted by molar-refractivity contribution is 0.0696. The normalized spacial score (nSPS) is 10.1. The van der Waals surface area contributed by atoms with Gasteiger partial charge in [-0.05, 0) is 46.1 Å². The van der Waals surface area contributed by atoms with Crippen LogP contribution in [-0.4, -0.2) is 17.2 Å². The standard InChI is InChI=1S/C16H14BrNO4/c1-10-7-14(13(17)8-12(10)15(19)20)18-16(21)22-9-11-5-3-2-4-6-11/h2-8H,9H2,1H3,(H,18,21)(H,19,20). The minimum Gasteiger partial charge on any atom is -0.478 e. The van der Waals surface area contributed by atoms with Crippen LogP contribution in [0.25, 0.3) is 0 Å². The van der Waals surface area contributed by atoms with E-state index in [1.54, 1.807) is 13.0 Å². The molecule has 0 saturated heterocycles. The quantitative estimate of drug-likeness (QED) is 0.853. The molecule has 1 amide bonds. The first-order valence-corrected chi connectivity index (χ1v) is 7.28. The number of aromatic carboxylic acids is 1. The molecule has 2 N–H and O–H groups in total. The Bertz CT molecular complexity index is 701. The average molecular weight is 364 g/mol. The molecule has 0 bridgehead atoms. The van der Waals surface area contributed by atoms with Gasteiger partial charge in [0.05, 0.1) is 11.3 Å². The van der Waals surface area contributed by atoms with Crippen molar-refractivity contribution >= 4 is 33.7 Å². The second-order valence-electron chi connectivity index (χ2n) is 4.64. The SMILES string of the molecule is Cc1cc(NC(=O)OCc2ccccc2)c(Br)cc1C(=O)O. The summed E-state index contributed by atoms with van der Waals surface area (Å²) in [4.78, 5) is 22.8. The van der Waals surface area contributed by atoms with Crippen LogP contribution in [-0.2, 0) is 11.3 Å². The molecule has 2 rings (SSSR count). The van der Waals surface area contributed by atoms with Gasteiger partial charge in [0.1, 0.15) is 6.61 Å². The zero-order valence-electron chi connectivity index (χ0n) is 11.8. The van der Waals surface area contributed by atoms with E-state index >= 15 is 0 Å². The van der Waals surface area contributed by atoms with Crippen molar-refractivity contribution in [3.8, 4) is 0 Å². The molecule has 0 aliphatic rings. The van der Waals surface area contributed by atoms with Gasteiger partial charge in [-0.2, -0.15) is 0 Å². The molecule has 114 valence electrons. The predicted octanol–water partition coefficient (Wildman–Crippen LogP) is 4.20. The second kappa shape index (κ2) is 7.09. The molecule has 6 heteroatoms. The maximum absolute atomic E-state index is 11.8. The number of hydrogen-bond donors (Lipinski definition) is 2. The molecule has 0 aliphatic carbocycles. The van der Waals surface area contributed by atoms with Crippen LogP contribution in [0, 0.1) is 6.92 Å². The van der Waals surface area contributed by atoms with E-state index in [0.717, 1.165) is 5.56 Å². The third-order valence-electron chi connectivity index (χ3n) is 2.99. The Labute approximate surface area is 136 Å². The zero-order chi connectivity index (χ0) is 16.1. The number of carbonyl (C=O) groups excluding carboxylic acids is 1. The van der Waals surface area contributed by atoms with Gasteiger partial charge in [0.2, 0.25) is 0 Å². The maximum atomic E-state index is 11.8. The van der Waals surface area contributed by atoms with E-state index in [1.807, 2.05) is 30.3 Å². The van der Waals surface area contributed by atoms with Gasteiger partial charge in [-0.3, -0.25) is 5.32 Å². The lowest BCUT2D eigenvalue weighted by Gasteiger charge is -2.11. The number of ether oxygens (including phenoxy) is 1. The first-order valence-electron chi connectivity index (χ1n) is 6.48. The maximum Gasteiger partial charge on any atom is 0.411 e. The number of nitrogens with one attached hydrogen (secondary N) is 1. The van der Waals surface area contributed by atoms with E-state index in [0.29, 0.717) is 15.7 Å². The van der Waals surface area contributed by atoms with Crippen molar-refractivity contribution < 1.29 is 19.4 Å². The van der Waals surface area contributed by atoms with Crippen molar-refractivity contribution in [1.82, 2.24) is 0 Å². The number of carbonyl (C=O) groups is 2. The highest BCUT2D eigenvalue weighted by Gasteiger charge is 2.13. The Balaban J connectivity index is 2.02. The Morgan fingerprint density at radius 1 is 1.23 bits per heavy atom. The van der Waals surface area contributed by atoms with Crippen molar-refractivity contribution in [3.63, 3.8) is 0 Å². The molecule has 2 aromatic carbocycles. The summed E-state index contributed by atoms with van der Waals surface area (Å²) < 4.78 is 5.60. The number of carboxylic acid groups (broad SMARTS) is 1. The van der Waals surface area contributed by atoms with Crippen molar-refractivity contribution in [2.24, 2.45) is 0 Å². The molecule has 0 unspecified atom stereocenters. The third kappa shape index (κ3) is 4.08. The van der Waals surface area contributed by atoms with Crippen LogP contribution in [0.1, 0.15) is 21.5 Å². The zero-order valence-corrected chi connectivity index (χ0v) is 13.4. The molecule has 0 aromatic heterocycles. The topological polar surface area (TPSA) is 75.6 Å². The molecule has 2 aromatic rings. The molecule has 0 radical (unpaired) electrons. The fraction of sp³-hybridized carbons (Fsp3) is 0.125. The number of anilines is 1. The highest BCUT2D eigenvalue weighted by atomic mass is 79.9. The lowest BCUT2D eigenvalue weighted by Crippen LogP contribution is -2.14. The van der Waals surface area contributed by atoms with Crippen LogP contribution in [0.4, 0.5) is 10.5 Å². The molecule has 0 spiro atoms. The van der Waals surface area contributed by atoms with Gasteiger partial charge in [0.25, 0.3) is 0 Å². The number of hydrogen-bond acceptors (Lipinski definition) is 3. The second-order valence-corrected chi connectivity index (χ2v) is 5.49. The van der Waals surface area contributed by atoms with E-state index < -0.39 is 12.1 Å². The van der Waals surface area contributed by atoms with Gasteiger partial charge < -0.3 is 9.84 Å². The number of aryl methyl sites for hydroxylation is 1. The van der Waals surface area contributed by atoms with E-state index in [9.17, 15) is 9.59 Å². The number of amides is 1. The van der Waals surface area contributed by atoms with E-state index in [4.69, 9.17) is 9.84 Å². The lowest BCUT2D eigenvalue weighted by atomic mass is 10.1. The van der Waals surface area contributed by atoms with Crippen LogP contribution in [0.15, 0.2) is 46.9 Å². The van der Waals surface area contributed by atoms with Crippen molar-refractivity contribution in [2.45, 2.75) is 13.5 Å². The van der Waals surface area contributed by atoms with Gasteiger partial charge in [0.15, 0.2) is 0 Å². The summed E-state index contributed by atoms with van der Waals surface area (Å²) in [7, 11) is 0. The van der Waals surface area contributed by atoms with Crippen LogP contribution in [0.2, 0.25) is 0 Å². The van der Waals surface area contributed by atoms with E-state index in [1.165, 1.54) is 6.07 Å². The predicted molar refractivity (Wildman–Crippen MR) is 86.1 cm³/mol. The minimum atomic E-state index is -1.02. The molecular formula is C16H14BrNO4. The Kier molecular flexibility index (Phi) is 5.16. The molecule has 0 saturated carbocycles. The Morgan fingerprint density at radius 3 is 2.55 bits per heavy atom. The van der Waals surface area contributed by atoms with Crippen LogP contribution >= 0.6 is 15.9 Å². The molecular weight excluding hydrogens is 350 g/mol. The van der Waals surface area contributed by atoms with Crippen LogP contribution in [0.5, 0.6) is 0 Å². The van der Waals surface area contributed by atoms with Gasteiger partial charge >= 0.3 is 12.1 Å². The van der Waals surface area contributed by atoms with Gasteiger partial charge in [-0.15, -0.1) is 0 Å². The van der Waals surface area contributed by atoms with Crippen molar-refractivity contribution in [1.29, 1.82) is 0 Å². The monoisotopic (exact) mass is 363 g/mol. The summed E-state index contributed by atoms with van der Waals surface area (Å²) in [6.45, 7) is 1.83. The van der Waals surface area contributed by atoms with Gasteiger partial charge in [0, 0.05) is 4.47 Å². The Hall–Kier alpha value is -2.34. The molecule has 0 atom stereocenters. The first kappa shape index (κ1) is 16.0. The molecule has 5 nitrogen and oxygen atoms in total. The highest BCUT2D eigenvalue weighted by molar-refractivity contribution is 9.10. The summed E-state index contributed by atoms with van der Waals surface area (Å²) >= 11 is 3.24. The van der Waals surface area contributed by atoms with Crippen LogP contribution in [0.3, 0.4) is 0 Å². The fourth-order valence-corrected chi connectivity index (χ4v) is 2.32. The summed E-state index contributed by atoms with van der Waals surface area (Å²) in [5.74, 6) is -1.02. The van der Waals surface area contributed by atoms with E-state index in [-0.39, 0.29) is 12.2 Å². The van der Waals surface area contributed by atoms with E-state index in [2.05, 4.69) is 21.2 Å². The summed E-state index contributed by atoms with van der Waals surface area (Å²) in [6.07, 6.45) is -0.605. The van der Waals surface area contributed by atoms with Gasteiger partial charge in [-0.1, -0.05) is 30.3 Å². The smallest absolute Gasteiger partial charge is 0.411 e. The number of halogens is 1. The fourth-order valence-electron chi connectivity index (χ4n) is 1.88. The minimum absolute atomic E-state index is 0.163. The average Bonchev–Trinajstić information content (AvgIpc) is 2.49.